The summed E-state index contributed by atoms with van der Waals surface area (Å²) in [6, 6.07) is 15.8. The lowest BCUT2D eigenvalue weighted by atomic mass is 10.0. The maximum absolute atomic E-state index is 12.9. The van der Waals surface area contributed by atoms with Crippen molar-refractivity contribution in [2.75, 3.05) is 13.1 Å². The minimum Gasteiger partial charge on any atom is -0.350 e. The first kappa shape index (κ1) is 19.4. The summed E-state index contributed by atoms with van der Waals surface area (Å²) in [6.45, 7) is 1.74. The molecule has 0 bridgehead atoms. The van der Waals surface area contributed by atoms with Crippen LogP contribution in [0.4, 0.5) is 0 Å². The fraction of sp³-hybridized carbons (Fsp3) is 0.333. The molecule has 0 aromatic heterocycles. The predicted octanol–water partition coefficient (Wildman–Crippen LogP) is 2.55. The normalized spacial score (nSPS) is 17.7. The largest absolute Gasteiger partial charge is 0.350 e. The summed E-state index contributed by atoms with van der Waals surface area (Å²) < 4.78 is 0. The van der Waals surface area contributed by atoms with Crippen molar-refractivity contribution in [1.82, 2.24) is 16.0 Å². The summed E-state index contributed by atoms with van der Waals surface area (Å²) in [5.41, 5.74) is 1.47. The number of hydrogen-bond acceptors (Lipinski definition) is 3. The predicted molar refractivity (Wildman–Crippen MR) is 107 cm³/mol. The molecule has 0 radical (unpaired) electrons. The van der Waals surface area contributed by atoms with E-state index in [2.05, 4.69) is 16.0 Å². The molecule has 1 aliphatic heterocycles. The Kier molecular flexibility index (Phi) is 6.85. The van der Waals surface area contributed by atoms with E-state index in [4.69, 9.17) is 11.6 Å². The zero-order valence-corrected chi connectivity index (χ0v) is 15.8. The molecule has 6 heteroatoms. The van der Waals surface area contributed by atoms with Gasteiger partial charge in [-0.25, -0.2) is 0 Å². The van der Waals surface area contributed by atoms with Crippen LogP contribution in [0.1, 0.15) is 28.8 Å². The number of hydrogen-bond donors (Lipinski definition) is 3. The van der Waals surface area contributed by atoms with E-state index in [1.54, 1.807) is 24.3 Å². The third kappa shape index (κ3) is 5.81. The lowest BCUT2D eigenvalue weighted by molar-refractivity contribution is -0.123. The number of carbonyl (C=O) groups is 2. The Balaban J connectivity index is 1.70. The number of piperidine rings is 1. The fourth-order valence-corrected chi connectivity index (χ4v) is 3.30. The molecule has 142 valence electrons. The molecule has 0 aliphatic carbocycles. The van der Waals surface area contributed by atoms with Crippen molar-refractivity contribution in [3.63, 3.8) is 0 Å². The zero-order valence-electron chi connectivity index (χ0n) is 15.1. The molecule has 5 nitrogen and oxygen atoms in total. The molecular weight excluding hydrogens is 362 g/mol. The van der Waals surface area contributed by atoms with Crippen LogP contribution in [0.2, 0.25) is 5.02 Å². The van der Waals surface area contributed by atoms with E-state index < -0.39 is 6.04 Å². The first-order chi connectivity index (χ1) is 13.1. The van der Waals surface area contributed by atoms with Crippen molar-refractivity contribution in [2.45, 2.75) is 31.3 Å². The van der Waals surface area contributed by atoms with Crippen molar-refractivity contribution >= 4 is 23.4 Å². The maximum atomic E-state index is 12.9. The smallest absolute Gasteiger partial charge is 0.251 e. The van der Waals surface area contributed by atoms with Gasteiger partial charge < -0.3 is 16.0 Å². The van der Waals surface area contributed by atoms with Gasteiger partial charge in [0.2, 0.25) is 5.91 Å². The van der Waals surface area contributed by atoms with Crippen molar-refractivity contribution in [3.05, 3.63) is 70.7 Å². The molecule has 27 heavy (non-hydrogen) atoms. The number of rotatable bonds is 6. The summed E-state index contributed by atoms with van der Waals surface area (Å²) >= 11 is 5.89. The van der Waals surface area contributed by atoms with Crippen LogP contribution in [0.5, 0.6) is 0 Å². The van der Waals surface area contributed by atoms with E-state index in [0.29, 0.717) is 17.0 Å². The summed E-state index contributed by atoms with van der Waals surface area (Å²) in [5.74, 6) is -0.445. The van der Waals surface area contributed by atoms with E-state index in [1.807, 2.05) is 30.3 Å². The molecule has 0 saturated carbocycles. The minimum atomic E-state index is -0.641. The van der Waals surface area contributed by atoms with E-state index in [0.717, 1.165) is 31.5 Å². The molecule has 3 rings (SSSR count). The minimum absolute atomic E-state index is 0.0944. The highest BCUT2D eigenvalue weighted by atomic mass is 35.5. The molecule has 0 spiro atoms. The molecule has 2 aromatic rings. The lowest BCUT2D eigenvalue weighted by Gasteiger charge is -2.26. The fourth-order valence-electron chi connectivity index (χ4n) is 3.18. The first-order valence-electron chi connectivity index (χ1n) is 9.23. The van der Waals surface area contributed by atoms with Gasteiger partial charge in [0, 0.05) is 29.6 Å². The third-order valence-electron chi connectivity index (χ3n) is 4.65. The van der Waals surface area contributed by atoms with Crippen LogP contribution < -0.4 is 16.0 Å². The molecule has 2 aromatic carbocycles. The first-order valence-corrected chi connectivity index (χ1v) is 9.61. The van der Waals surface area contributed by atoms with Crippen LogP contribution in [-0.4, -0.2) is 37.0 Å². The van der Waals surface area contributed by atoms with Crippen LogP contribution in [0.3, 0.4) is 0 Å². The van der Waals surface area contributed by atoms with Gasteiger partial charge in [-0.3, -0.25) is 9.59 Å². The van der Waals surface area contributed by atoms with Gasteiger partial charge in [-0.15, -0.1) is 0 Å². The number of carbonyl (C=O) groups excluding carboxylic acids is 2. The molecule has 3 N–H and O–H groups in total. The van der Waals surface area contributed by atoms with Gasteiger partial charge in [-0.1, -0.05) is 41.9 Å². The van der Waals surface area contributed by atoms with E-state index in [1.165, 1.54) is 0 Å². The standard InChI is InChI=1S/C21H24ClN3O2/c22-17-10-8-16(9-11-17)20(26)25-19(13-15-5-2-1-3-6-15)21(27)24-18-7-4-12-23-14-18/h1-3,5-6,8-11,18-19,23H,4,7,12-14H2,(H,24,27)(H,25,26). The summed E-state index contributed by atoms with van der Waals surface area (Å²) in [5, 5.41) is 9.79. The van der Waals surface area contributed by atoms with Crippen LogP contribution >= 0.6 is 11.6 Å². The molecule has 1 aliphatic rings. The molecule has 2 amide bonds. The molecular formula is C21H24ClN3O2. The number of nitrogens with one attached hydrogen (secondary N) is 3. The van der Waals surface area contributed by atoms with Gasteiger partial charge in [0.15, 0.2) is 0 Å². The van der Waals surface area contributed by atoms with Gasteiger partial charge in [-0.05, 0) is 49.2 Å². The van der Waals surface area contributed by atoms with Gasteiger partial charge in [-0.2, -0.15) is 0 Å². The molecule has 1 fully saturated rings. The van der Waals surface area contributed by atoms with E-state index >= 15 is 0 Å². The average Bonchev–Trinajstić information content (AvgIpc) is 2.69. The molecule has 1 heterocycles. The van der Waals surface area contributed by atoms with Gasteiger partial charge >= 0.3 is 0 Å². The number of halogens is 1. The highest BCUT2D eigenvalue weighted by molar-refractivity contribution is 6.30. The topological polar surface area (TPSA) is 70.2 Å². The van der Waals surface area contributed by atoms with Crippen molar-refractivity contribution in [1.29, 1.82) is 0 Å². The molecule has 2 unspecified atom stereocenters. The quantitative estimate of drug-likeness (QED) is 0.715. The lowest BCUT2D eigenvalue weighted by Crippen LogP contribution is -2.53. The maximum Gasteiger partial charge on any atom is 0.251 e. The highest BCUT2D eigenvalue weighted by Crippen LogP contribution is 2.11. The monoisotopic (exact) mass is 385 g/mol. The summed E-state index contributed by atoms with van der Waals surface area (Å²) in [7, 11) is 0. The second kappa shape index (κ2) is 9.53. The van der Waals surface area contributed by atoms with Crippen LogP contribution in [0.15, 0.2) is 54.6 Å². The summed E-state index contributed by atoms with van der Waals surface area (Å²) in [4.78, 5) is 25.5. The number of amides is 2. The van der Waals surface area contributed by atoms with Crippen molar-refractivity contribution in [2.24, 2.45) is 0 Å². The Hall–Kier alpha value is -2.37. The third-order valence-corrected chi connectivity index (χ3v) is 4.91. The average molecular weight is 386 g/mol. The zero-order chi connectivity index (χ0) is 19.1. The van der Waals surface area contributed by atoms with Crippen LogP contribution in [0, 0.1) is 0 Å². The second-order valence-corrected chi connectivity index (χ2v) is 7.21. The van der Waals surface area contributed by atoms with Gasteiger partial charge in [0.05, 0.1) is 0 Å². The summed E-state index contributed by atoms with van der Waals surface area (Å²) in [6.07, 6.45) is 2.42. The molecule has 2 atom stereocenters. The second-order valence-electron chi connectivity index (χ2n) is 6.77. The highest BCUT2D eigenvalue weighted by Gasteiger charge is 2.25. The van der Waals surface area contributed by atoms with Gasteiger partial charge in [0.25, 0.3) is 5.91 Å². The Bertz CT molecular complexity index is 759. The van der Waals surface area contributed by atoms with Crippen molar-refractivity contribution in [3.8, 4) is 0 Å². The Morgan fingerprint density at radius 1 is 1.11 bits per heavy atom. The van der Waals surface area contributed by atoms with E-state index in [-0.39, 0.29) is 17.9 Å². The van der Waals surface area contributed by atoms with Crippen molar-refractivity contribution < 1.29 is 9.59 Å². The Morgan fingerprint density at radius 2 is 1.85 bits per heavy atom. The Labute approximate surface area is 164 Å². The van der Waals surface area contributed by atoms with Crippen LogP contribution in [-0.2, 0) is 11.2 Å². The Morgan fingerprint density at radius 3 is 2.52 bits per heavy atom. The number of benzene rings is 2. The van der Waals surface area contributed by atoms with E-state index in [9.17, 15) is 9.59 Å². The van der Waals surface area contributed by atoms with Crippen LogP contribution in [0.25, 0.3) is 0 Å². The van der Waals surface area contributed by atoms with Gasteiger partial charge in [0.1, 0.15) is 6.04 Å². The SMILES string of the molecule is O=C(NC(Cc1ccccc1)C(=O)NC1CCCNC1)c1ccc(Cl)cc1. The molecule has 1 saturated heterocycles.